The molecule has 0 spiro atoms. The van der Waals surface area contributed by atoms with Crippen molar-refractivity contribution < 1.29 is 0 Å². The number of rotatable bonds is 8. The summed E-state index contributed by atoms with van der Waals surface area (Å²) in [6.45, 7) is 7.73. The number of aryl methyl sites for hydroxylation is 1. The lowest BCUT2D eigenvalue weighted by molar-refractivity contribution is 0.107. The summed E-state index contributed by atoms with van der Waals surface area (Å²) >= 11 is 0. The maximum absolute atomic E-state index is 4.51. The summed E-state index contributed by atoms with van der Waals surface area (Å²) in [6.07, 6.45) is 16.1. The zero-order chi connectivity index (χ0) is 22.5. The second-order valence-electron chi connectivity index (χ2n) is 10.0. The average Bonchev–Trinajstić information content (AvgIpc) is 3.55. The molecule has 5 heteroatoms. The first-order valence-electron chi connectivity index (χ1n) is 12.7. The van der Waals surface area contributed by atoms with E-state index in [0.717, 1.165) is 31.6 Å². The number of nitrogens with zero attached hydrogens (tertiary/aromatic N) is 5. The lowest BCUT2D eigenvalue weighted by atomic mass is 9.94. The van der Waals surface area contributed by atoms with Gasteiger partial charge in [0.1, 0.15) is 0 Å². The Hall–Kier alpha value is -2.50. The first-order valence-corrected chi connectivity index (χ1v) is 12.7. The Morgan fingerprint density at radius 1 is 0.970 bits per heavy atom. The zero-order valence-corrected chi connectivity index (χ0v) is 19.9. The van der Waals surface area contributed by atoms with E-state index in [0.29, 0.717) is 0 Å². The van der Waals surface area contributed by atoms with Gasteiger partial charge in [0.05, 0.1) is 5.69 Å². The van der Waals surface area contributed by atoms with Crippen molar-refractivity contribution in [2.45, 2.75) is 64.6 Å². The molecule has 33 heavy (non-hydrogen) atoms. The molecule has 0 radical (unpaired) electrons. The second-order valence-corrected chi connectivity index (χ2v) is 10.0. The number of likely N-dealkylation sites (tertiary alicyclic amines) is 1. The summed E-state index contributed by atoms with van der Waals surface area (Å²) in [6, 6.07) is 13.8. The number of benzene rings is 1. The van der Waals surface area contributed by atoms with Gasteiger partial charge in [-0.15, -0.1) is 0 Å². The number of hydrogen-bond donors (Lipinski definition) is 0. The fraction of sp³-hybridized carbons (Fsp3) is 0.500. The van der Waals surface area contributed by atoms with Crippen molar-refractivity contribution in [3.8, 4) is 5.69 Å². The summed E-state index contributed by atoms with van der Waals surface area (Å²) in [4.78, 5) is 9.79. The molecule has 5 rings (SSSR count). The van der Waals surface area contributed by atoms with Crippen LogP contribution in [0.5, 0.6) is 0 Å². The molecule has 1 aliphatic heterocycles. The fourth-order valence-electron chi connectivity index (χ4n) is 5.79. The van der Waals surface area contributed by atoms with Gasteiger partial charge in [0, 0.05) is 50.5 Å². The molecule has 0 unspecified atom stereocenters. The van der Waals surface area contributed by atoms with E-state index in [2.05, 4.69) is 57.1 Å². The van der Waals surface area contributed by atoms with Crippen LogP contribution in [0.2, 0.25) is 0 Å². The highest BCUT2D eigenvalue weighted by atomic mass is 15.3. The molecule has 1 saturated heterocycles. The Morgan fingerprint density at radius 3 is 2.55 bits per heavy atom. The van der Waals surface area contributed by atoms with Crippen molar-refractivity contribution >= 4 is 0 Å². The van der Waals surface area contributed by atoms with Gasteiger partial charge in [0.25, 0.3) is 0 Å². The van der Waals surface area contributed by atoms with E-state index in [4.69, 9.17) is 0 Å². The molecule has 0 N–H and O–H groups in total. The molecule has 3 aromatic rings. The van der Waals surface area contributed by atoms with Gasteiger partial charge >= 0.3 is 0 Å². The standard InChI is InChI=1S/C28H37N5/c1-23-9-10-28(33-15-5-14-30-33)26(18-23)22-31(21-25-6-4-13-29-19-25)20-24-11-16-32(17-12-24)27-7-2-3-8-27/h4-6,9-10,13-15,18-19,24,27H,2-3,7-8,11-12,16-17,20-22H2,1H3. The first kappa shape index (κ1) is 22.3. The van der Waals surface area contributed by atoms with Crippen LogP contribution < -0.4 is 0 Å². The van der Waals surface area contributed by atoms with Crippen LogP contribution in [0.15, 0.2) is 61.2 Å². The maximum atomic E-state index is 4.51. The molecule has 0 bridgehead atoms. The van der Waals surface area contributed by atoms with Crippen LogP contribution in [0.3, 0.4) is 0 Å². The zero-order valence-electron chi connectivity index (χ0n) is 19.9. The topological polar surface area (TPSA) is 37.2 Å². The quantitative estimate of drug-likeness (QED) is 0.478. The van der Waals surface area contributed by atoms with Crippen molar-refractivity contribution in [2.24, 2.45) is 5.92 Å². The van der Waals surface area contributed by atoms with Gasteiger partial charge in [-0.05, 0) is 80.9 Å². The summed E-state index contributed by atoms with van der Waals surface area (Å²) in [5, 5.41) is 4.51. The highest BCUT2D eigenvalue weighted by molar-refractivity contribution is 5.42. The van der Waals surface area contributed by atoms with Gasteiger partial charge in [-0.1, -0.05) is 36.6 Å². The van der Waals surface area contributed by atoms with Crippen molar-refractivity contribution in [1.82, 2.24) is 24.6 Å². The lowest BCUT2D eigenvalue weighted by Crippen LogP contribution is -2.42. The lowest BCUT2D eigenvalue weighted by Gasteiger charge is -2.38. The molecule has 0 amide bonds. The Balaban J connectivity index is 1.31. The normalized spacial score (nSPS) is 18.4. The minimum Gasteiger partial charge on any atom is -0.300 e. The molecular weight excluding hydrogens is 406 g/mol. The molecule has 174 valence electrons. The molecule has 3 heterocycles. The molecule has 2 aromatic heterocycles. The van der Waals surface area contributed by atoms with E-state index in [1.54, 1.807) is 0 Å². The molecule has 2 fully saturated rings. The van der Waals surface area contributed by atoms with Crippen molar-refractivity contribution in [3.63, 3.8) is 0 Å². The smallest absolute Gasteiger partial charge is 0.0690 e. The van der Waals surface area contributed by atoms with E-state index < -0.39 is 0 Å². The summed E-state index contributed by atoms with van der Waals surface area (Å²) in [7, 11) is 0. The number of pyridine rings is 1. The van der Waals surface area contributed by atoms with Crippen LogP contribution >= 0.6 is 0 Å². The van der Waals surface area contributed by atoms with Gasteiger partial charge in [-0.3, -0.25) is 9.88 Å². The van der Waals surface area contributed by atoms with Crippen LogP contribution in [0.4, 0.5) is 0 Å². The van der Waals surface area contributed by atoms with E-state index in [1.165, 1.54) is 74.0 Å². The summed E-state index contributed by atoms with van der Waals surface area (Å²) < 4.78 is 2.00. The minimum atomic E-state index is 0.761. The van der Waals surface area contributed by atoms with Crippen LogP contribution in [0.25, 0.3) is 5.69 Å². The number of hydrogen-bond acceptors (Lipinski definition) is 4. The van der Waals surface area contributed by atoms with E-state index >= 15 is 0 Å². The minimum absolute atomic E-state index is 0.761. The molecular formula is C28H37N5. The van der Waals surface area contributed by atoms with Crippen molar-refractivity contribution in [2.75, 3.05) is 19.6 Å². The van der Waals surface area contributed by atoms with Gasteiger partial charge in [-0.2, -0.15) is 5.10 Å². The number of piperidine rings is 1. The van der Waals surface area contributed by atoms with Gasteiger partial charge in [-0.25, -0.2) is 4.68 Å². The highest BCUT2D eigenvalue weighted by Crippen LogP contribution is 2.29. The van der Waals surface area contributed by atoms with Crippen LogP contribution in [-0.2, 0) is 13.1 Å². The number of aromatic nitrogens is 3. The Bertz CT molecular complexity index is 986. The predicted molar refractivity (Wildman–Crippen MR) is 133 cm³/mol. The monoisotopic (exact) mass is 443 g/mol. The molecule has 2 aliphatic rings. The molecule has 5 nitrogen and oxygen atoms in total. The van der Waals surface area contributed by atoms with Crippen LogP contribution in [0.1, 0.15) is 55.2 Å². The van der Waals surface area contributed by atoms with Crippen LogP contribution in [0, 0.1) is 12.8 Å². The predicted octanol–water partition coefficient (Wildman–Crippen LogP) is 5.23. The second kappa shape index (κ2) is 10.6. The van der Waals surface area contributed by atoms with Gasteiger partial charge < -0.3 is 4.90 Å². The van der Waals surface area contributed by atoms with Gasteiger partial charge in [0.2, 0.25) is 0 Å². The third-order valence-electron chi connectivity index (χ3n) is 7.52. The SMILES string of the molecule is Cc1ccc(-n2cccn2)c(CN(Cc2cccnc2)CC2CCN(C3CCCC3)CC2)c1. The largest absolute Gasteiger partial charge is 0.300 e. The van der Waals surface area contributed by atoms with E-state index in [1.807, 2.05) is 35.5 Å². The summed E-state index contributed by atoms with van der Waals surface area (Å²) in [5.74, 6) is 0.761. The van der Waals surface area contributed by atoms with E-state index in [-0.39, 0.29) is 0 Å². The van der Waals surface area contributed by atoms with E-state index in [9.17, 15) is 0 Å². The van der Waals surface area contributed by atoms with Crippen molar-refractivity contribution in [3.05, 3.63) is 77.9 Å². The molecule has 1 aromatic carbocycles. The van der Waals surface area contributed by atoms with Gasteiger partial charge in [0.15, 0.2) is 0 Å². The summed E-state index contributed by atoms with van der Waals surface area (Å²) in [5.41, 5.74) is 5.10. The van der Waals surface area contributed by atoms with Crippen LogP contribution in [-0.4, -0.2) is 50.2 Å². The third kappa shape index (κ3) is 5.71. The Labute approximate surface area is 198 Å². The maximum Gasteiger partial charge on any atom is 0.0690 e. The highest BCUT2D eigenvalue weighted by Gasteiger charge is 2.28. The average molecular weight is 444 g/mol. The first-order chi connectivity index (χ1) is 16.2. The Kier molecular flexibility index (Phi) is 7.18. The Morgan fingerprint density at radius 2 is 1.82 bits per heavy atom. The molecule has 1 saturated carbocycles. The molecule has 0 atom stereocenters. The third-order valence-corrected chi connectivity index (χ3v) is 7.52. The van der Waals surface area contributed by atoms with Crippen molar-refractivity contribution in [1.29, 1.82) is 0 Å². The fourth-order valence-corrected chi connectivity index (χ4v) is 5.79. The molecule has 1 aliphatic carbocycles.